The quantitative estimate of drug-likeness (QED) is 0.779. The standard InChI is InChI=1S/C13H22N2O4S/c1-10(11-3-4-11)15(7-8-18-2)20(16,17)13-6-5-12(9-14)19-13/h5-6,10-11H,3-4,7-9,14H2,1-2H3. The molecule has 0 amide bonds. The van der Waals surface area contributed by atoms with Crippen LogP contribution in [-0.2, 0) is 21.3 Å². The maximum atomic E-state index is 12.7. The van der Waals surface area contributed by atoms with Crippen LogP contribution in [0.2, 0.25) is 0 Å². The summed E-state index contributed by atoms with van der Waals surface area (Å²) in [5, 5.41) is -0.0402. The van der Waals surface area contributed by atoms with E-state index in [-0.39, 0.29) is 17.7 Å². The molecule has 20 heavy (non-hydrogen) atoms. The molecule has 0 spiro atoms. The maximum absolute atomic E-state index is 12.7. The Morgan fingerprint density at radius 3 is 2.70 bits per heavy atom. The smallest absolute Gasteiger partial charge is 0.276 e. The molecule has 0 saturated heterocycles. The fraction of sp³-hybridized carbons (Fsp3) is 0.692. The van der Waals surface area contributed by atoms with Crippen LogP contribution in [0.15, 0.2) is 21.6 Å². The van der Waals surface area contributed by atoms with Gasteiger partial charge in [0.25, 0.3) is 10.0 Å². The third-order valence-electron chi connectivity index (χ3n) is 3.68. The lowest BCUT2D eigenvalue weighted by atomic mass is 10.2. The molecule has 0 aromatic carbocycles. The van der Waals surface area contributed by atoms with Crippen LogP contribution < -0.4 is 5.73 Å². The third-order valence-corrected chi connectivity index (χ3v) is 5.54. The first kappa shape index (κ1) is 15.5. The lowest BCUT2D eigenvalue weighted by Crippen LogP contribution is -2.41. The van der Waals surface area contributed by atoms with Crippen molar-refractivity contribution >= 4 is 10.0 Å². The van der Waals surface area contributed by atoms with E-state index in [1.54, 1.807) is 13.2 Å². The second kappa shape index (κ2) is 6.26. The molecule has 1 atom stereocenters. The molecule has 1 unspecified atom stereocenters. The maximum Gasteiger partial charge on any atom is 0.276 e. The van der Waals surface area contributed by atoms with Crippen LogP contribution in [-0.4, -0.2) is 39.0 Å². The van der Waals surface area contributed by atoms with Crippen molar-refractivity contribution in [3.63, 3.8) is 0 Å². The number of hydrogen-bond acceptors (Lipinski definition) is 5. The highest BCUT2D eigenvalue weighted by atomic mass is 32.2. The number of sulfonamides is 1. The number of furan rings is 1. The summed E-state index contributed by atoms with van der Waals surface area (Å²) in [6.45, 7) is 2.82. The molecule has 0 radical (unpaired) electrons. The van der Waals surface area contributed by atoms with Crippen LogP contribution in [0.3, 0.4) is 0 Å². The Balaban J connectivity index is 2.24. The zero-order valence-electron chi connectivity index (χ0n) is 11.9. The first-order valence-electron chi connectivity index (χ1n) is 6.80. The van der Waals surface area contributed by atoms with Gasteiger partial charge in [0.15, 0.2) is 0 Å². The summed E-state index contributed by atoms with van der Waals surface area (Å²) in [5.41, 5.74) is 5.46. The number of ether oxygens (including phenoxy) is 1. The molecular formula is C13H22N2O4S. The summed E-state index contributed by atoms with van der Waals surface area (Å²) in [5.74, 6) is 0.903. The van der Waals surface area contributed by atoms with Gasteiger partial charge in [-0.05, 0) is 37.8 Å². The molecule has 114 valence electrons. The van der Waals surface area contributed by atoms with Gasteiger partial charge in [-0.2, -0.15) is 4.31 Å². The van der Waals surface area contributed by atoms with Crippen molar-refractivity contribution in [2.24, 2.45) is 11.7 Å². The third kappa shape index (κ3) is 3.22. The van der Waals surface area contributed by atoms with E-state index in [1.807, 2.05) is 6.92 Å². The van der Waals surface area contributed by atoms with Gasteiger partial charge in [0.05, 0.1) is 13.2 Å². The summed E-state index contributed by atoms with van der Waals surface area (Å²) in [7, 11) is -2.07. The molecule has 1 fully saturated rings. The minimum Gasteiger partial charge on any atom is -0.447 e. The Hall–Kier alpha value is -0.890. The van der Waals surface area contributed by atoms with Crippen molar-refractivity contribution in [1.29, 1.82) is 0 Å². The molecule has 0 aliphatic heterocycles. The summed E-state index contributed by atoms with van der Waals surface area (Å²) in [4.78, 5) is 0. The highest BCUT2D eigenvalue weighted by Crippen LogP contribution is 2.37. The average Bonchev–Trinajstić information content (AvgIpc) is 3.15. The number of hydrogen-bond donors (Lipinski definition) is 1. The van der Waals surface area contributed by atoms with E-state index in [4.69, 9.17) is 14.9 Å². The van der Waals surface area contributed by atoms with Gasteiger partial charge in [-0.25, -0.2) is 8.42 Å². The SMILES string of the molecule is COCCN(C(C)C1CC1)S(=O)(=O)c1ccc(CN)o1. The van der Waals surface area contributed by atoms with Gasteiger partial charge in [0.2, 0.25) is 5.09 Å². The van der Waals surface area contributed by atoms with E-state index >= 15 is 0 Å². The topological polar surface area (TPSA) is 85.8 Å². The minimum absolute atomic E-state index is 0.0402. The number of methoxy groups -OCH3 is 1. The van der Waals surface area contributed by atoms with E-state index < -0.39 is 10.0 Å². The van der Waals surface area contributed by atoms with Crippen molar-refractivity contribution in [3.8, 4) is 0 Å². The molecule has 1 aliphatic rings. The fourth-order valence-corrected chi connectivity index (χ4v) is 3.87. The summed E-state index contributed by atoms with van der Waals surface area (Å²) < 4.78 is 37.2. The van der Waals surface area contributed by atoms with Gasteiger partial charge < -0.3 is 14.9 Å². The van der Waals surface area contributed by atoms with Crippen LogP contribution in [0.1, 0.15) is 25.5 Å². The van der Waals surface area contributed by atoms with Crippen LogP contribution in [0.4, 0.5) is 0 Å². The first-order valence-corrected chi connectivity index (χ1v) is 8.24. The van der Waals surface area contributed by atoms with Gasteiger partial charge >= 0.3 is 0 Å². The highest BCUT2D eigenvalue weighted by molar-refractivity contribution is 7.89. The molecule has 0 bridgehead atoms. The van der Waals surface area contributed by atoms with Crippen molar-refractivity contribution in [2.45, 2.75) is 37.4 Å². The molecule has 1 saturated carbocycles. The molecule has 1 aromatic rings. The number of nitrogens with zero attached hydrogens (tertiary/aromatic N) is 1. The predicted molar refractivity (Wildman–Crippen MR) is 74.6 cm³/mol. The zero-order chi connectivity index (χ0) is 14.8. The van der Waals surface area contributed by atoms with Crippen molar-refractivity contribution in [3.05, 3.63) is 17.9 Å². The Morgan fingerprint density at radius 2 is 2.20 bits per heavy atom. The first-order chi connectivity index (χ1) is 9.50. The molecule has 1 heterocycles. The second-order valence-corrected chi connectivity index (χ2v) is 6.93. The molecule has 7 heteroatoms. The van der Waals surface area contributed by atoms with Gasteiger partial charge in [-0.1, -0.05) is 0 Å². The van der Waals surface area contributed by atoms with Crippen LogP contribution in [0.25, 0.3) is 0 Å². The summed E-state index contributed by atoms with van der Waals surface area (Å²) in [6, 6.07) is 3.03. The number of rotatable bonds is 8. The van der Waals surface area contributed by atoms with Gasteiger partial charge in [0, 0.05) is 19.7 Å². The Bertz CT molecular complexity index is 536. The van der Waals surface area contributed by atoms with Crippen LogP contribution >= 0.6 is 0 Å². The van der Waals surface area contributed by atoms with Crippen molar-refractivity contribution in [1.82, 2.24) is 4.31 Å². The monoisotopic (exact) mass is 302 g/mol. The average molecular weight is 302 g/mol. The van der Waals surface area contributed by atoms with Crippen LogP contribution in [0.5, 0.6) is 0 Å². The molecule has 6 nitrogen and oxygen atoms in total. The van der Waals surface area contributed by atoms with E-state index in [9.17, 15) is 8.42 Å². The molecule has 2 N–H and O–H groups in total. The van der Waals surface area contributed by atoms with Gasteiger partial charge in [-0.15, -0.1) is 0 Å². The Morgan fingerprint density at radius 1 is 1.50 bits per heavy atom. The van der Waals surface area contributed by atoms with E-state index in [1.165, 1.54) is 10.4 Å². The zero-order valence-corrected chi connectivity index (χ0v) is 12.7. The molecular weight excluding hydrogens is 280 g/mol. The Labute approximate surface area is 119 Å². The molecule has 1 aliphatic carbocycles. The van der Waals surface area contributed by atoms with Crippen molar-refractivity contribution in [2.75, 3.05) is 20.3 Å². The minimum atomic E-state index is -3.64. The van der Waals surface area contributed by atoms with Crippen LogP contribution in [0, 0.1) is 5.92 Å². The predicted octanol–water partition coefficient (Wildman–Crippen LogP) is 1.17. The summed E-state index contributed by atoms with van der Waals surface area (Å²) >= 11 is 0. The second-order valence-electron chi connectivity index (χ2n) is 5.11. The van der Waals surface area contributed by atoms with Gasteiger partial charge in [-0.3, -0.25) is 0 Å². The largest absolute Gasteiger partial charge is 0.447 e. The Kier molecular flexibility index (Phi) is 4.85. The fourth-order valence-electron chi connectivity index (χ4n) is 2.26. The lowest BCUT2D eigenvalue weighted by Gasteiger charge is -2.27. The van der Waals surface area contributed by atoms with E-state index in [2.05, 4.69) is 0 Å². The molecule has 1 aromatic heterocycles. The lowest BCUT2D eigenvalue weighted by molar-refractivity contribution is 0.163. The van der Waals surface area contributed by atoms with E-state index in [0.29, 0.717) is 24.8 Å². The van der Waals surface area contributed by atoms with E-state index in [0.717, 1.165) is 12.8 Å². The van der Waals surface area contributed by atoms with Crippen molar-refractivity contribution < 1.29 is 17.6 Å². The highest BCUT2D eigenvalue weighted by Gasteiger charge is 2.39. The molecule has 2 rings (SSSR count). The number of nitrogens with two attached hydrogens (primary N) is 1. The van der Waals surface area contributed by atoms with Gasteiger partial charge in [0.1, 0.15) is 5.76 Å². The summed E-state index contributed by atoms with van der Waals surface area (Å²) in [6.07, 6.45) is 2.15. The normalized spacial score (nSPS) is 17.6.